The van der Waals surface area contributed by atoms with Gasteiger partial charge >= 0.3 is 0 Å². The van der Waals surface area contributed by atoms with Gasteiger partial charge in [0, 0.05) is 30.2 Å². The van der Waals surface area contributed by atoms with Crippen molar-refractivity contribution in [2.45, 2.75) is 33.1 Å². The Morgan fingerprint density at radius 3 is 2.52 bits per heavy atom. The predicted molar refractivity (Wildman–Crippen MR) is 113 cm³/mol. The number of unbranched alkanes of at least 4 members (excludes halogenated alkanes) is 1. The summed E-state index contributed by atoms with van der Waals surface area (Å²) in [5, 5.41) is 11.5. The fourth-order valence-electron chi connectivity index (χ4n) is 3.07. The first kappa shape index (κ1) is 18.9. The van der Waals surface area contributed by atoms with Crippen LogP contribution in [0.5, 0.6) is 0 Å². The van der Waals surface area contributed by atoms with Gasteiger partial charge in [0.1, 0.15) is 0 Å². The molecular weight excluding hydrogens is 364 g/mol. The van der Waals surface area contributed by atoms with Crippen molar-refractivity contribution in [1.82, 2.24) is 15.3 Å². The van der Waals surface area contributed by atoms with Crippen LogP contribution in [-0.2, 0) is 6.42 Å². The topological polar surface area (TPSA) is 77.0 Å². The van der Waals surface area contributed by atoms with Crippen molar-refractivity contribution < 1.29 is 9.05 Å². The molecule has 0 aliphatic heterocycles. The van der Waals surface area contributed by atoms with Crippen molar-refractivity contribution in [2.75, 3.05) is 11.9 Å². The van der Waals surface area contributed by atoms with Crippen molar-refractivity contribution in [2.24, 2.45) is 0 Å². The molecule has 0 aliphatic rings. The Bertz CT molecular complexity index is 1070. The number of hydrogen-bond donors (Lipinski definition) is 1. The number of hydrogen-bond acceptors (Lipinski definition) is 6. The molecule has 2 aromatic carbocycles. The smallest absolute Gasteiger partial charge is 0.226 e. The lowest BCUT2D eigenvalue weighted by Gasteiger charge is -2.01. The molecule has 6 heteroatoms. The maximum atomic E-state index is 5.47. The third-order valence-corrected chi connectivity index (χ3v) is 4.93. The molecular formula is C23H24N4O2. The van der Waals surface area contributed by atoms with E-state index < -0.39 is 0 Å². The van der Waals surface area contributed by atoms with Gasteiger partial charge in [0.05, 0.1) is 0 Å². The van der Waals surface area contributed by atoms with Gasteiger partial charge < -0.3 is 14.4 Å². The van der Waals surface area contributed by atoms with E-state index in [9.17, 15) is 0 Å². The Labute approximate surface area is 169 Å². The van der Waals surface area contributed by atoms with Crippen LogP contribution >= 0.6 is 0 Å². The van der Waals surface area contributed by atoms with Gasteiger partial charge in [-0.05, 0) is 43.9 Å². The summed E-state index contributed by atoms with van der Waals surface area (Å²) < 4.78 is 10.8. The summed E-state index contributed by atoms with van der Waals surface area (Å²) in [5.74, 6) is 2.83. The van der Waals surface area contributed by atoms with Crippen molar-refractivity contribution >= 4 is 5.82 Å². The van der Waals surface area contributed by atoms with Gasteiger partial charge in [-0.15, -0.1) is 0 Å². The molecule has 0 aliphatic carbocycles. The zero-order valence-corrected chi connectivity index (χ0v) is 16.7. The van der Waals surface area contributed by atoms with Crippen LogP contribution in [0.25, 0.3) is 22.7 Å². The van der Waals surface area contributed by atoms with Crippen LogP contribution in [-0.4, -0.2) is 21.8 Å². The van der Waals surface area contributed by atoms with Crippen LogP contribution in [0.4, 0.5) is 5.82 Å². The van der Waals surface area contributed by atoms with Crippen molar-refractivity contribution in [3.05, 3.63) is 71.6 Å². The van der Waals surface area contributed by atoms with E-state index in [2.05, 4.69) is 52.7 Å². The molecule has 0 spiro atoms. The van der Waals surface area contributed by atoms with Crippen molar-refractivity contribution in [3.8, 4) is 22.7 Å². The van der Waals surface area contributed by atoms with Crippen LogP contribution in [0.3, 0.4) is 0 Å². The average Bonchev–Trinajstić information content (AvgIpc) is 3.40. The highest BCUT2D eigenvalue weighted by Gasteiger charge is 2.09. The maximum Gasteiger partial charge on any atom is 0.226 e. The molecule has 0 bridgehead atoms. The summed E-state index contributed by atoms with van der Waals surface area (Å²) in [6, 6.07) is 18.1. The number of aryl methyl sites for hydroxylation is 3. The standard InChI is InChI=1S/C23H24N4O2/c1-16-11-12-19(14-17(16)2)20-15-21(26-28-20)24-13-7-6-10-22-25-23(27-29-22)18-8-4-3-5-9-18/h3-5,8-9,11-12,14-15H,6-7,10,13H2,1-2H3,(H,24,26). The van der Waals surface area contributed by atoms with E-state index in [1.165, 1.54) is 11.1 Å². The average molecular weight is 388 g/mol. The van der Waals surface area contributed by atoms with Gasteiger partial charge in [0.25, 0.3) is 0 Å². The summed E-state index contributed by atoms with van der Waals surface area (Å²) in [6.07, 6.45) is 2.67. The highest BCUT2D eigenvalue weighted by molar-refractivity contribution is 5.62. The first-order valence-electron chi connectivity index (χ1n) is 9.85. The molecule has 1 N–H and O–H groups in total. The van der Waals surface area contributed by atoms with E-state index in [-0.39, 0.29) is 0 Å². The molecule has 148 valence electrons. The molecule has 0 radical (unpaired) electrons. The van der Waals surface area contributed by atoms with Crippen molar-refractivity contribution in [3.63, 3.8) is 0 Å². The number of nitrogens with zero attached hydrogens (tertiary/aromatic N) is 3. The predicted octanol–water partition coefficient (Wildman–Crippen LogP) is 5.44. The van der Waals surface area contributed by atoms with E-state index in [4.69, 9.17) is 9.05 Å². The second-order valence-electron chi connectivity index (χ2n) is 7.14. The fourth-order valence-corrected chi connectivity index (χ4v) is 3.07. The largest absolute Gasteiger partial charge is 0.367 e. The Morgan fingerprint density at radius 1 is 0.828 bits per heavy atom. The molecule has 0 saturated heterocycles. The van der Waals surface area contributed by atoms with E-state index in [1.807, 2.05) is 36.4 Å². The van der Waals surface area contributed by atoms with Crippen molar-refractivity contribution in [1.29, 1.82) is 0 Å². The summed E-state index contributed by atoms with van der Waals surface area (Å²) in [4.78, 5) is 4.46. The van der Waals surface area contributed by atoms with Gasteiger partial charge in [-0.3, -0.25) is 0 Å². The molecule has 2 heterocycles. The zero-order chi connectivity index (χ0) is 20.1. The Hall–Kier alpha value is -3.41. The third kappa shape index (κ3) is 4.71. The molecule has 4 rings (SSSR count). The summed E-state index contributed by atoms with van der Waals surface area (Å²) >= 11 is 0. The Balaban J connectivity index is 1.23. The van der Waals surface area contributed by atoms with E-state index >= 15 is 0 Å². The van der Waals surface area contributed by atoms with Gasteiger partial charge in [0.2, 0.25) is 11.7 Å². The number of rotatable bonds is 8. The van der Waals surface area contributed by atoms with Crippen LogP contribution < -0.4 is 5.32 Å². The third-order valence-electron chi connectivity index (χ3n) is 4.93. The zero-order valence-electron chi connectivity index (χ0n) is 16.7. The lowest BCUT2D eigenvalue weighted by atomic mass is 10.1. The fraction of sp³-hybridized carbons (Fsp3) is 0.261. The molecule has 29 heavy (non-hydrogen) atoms. The SMILES string of the molecule is Cc1ccc(-c2cc(NCCCCc3nc(-c4ccccc4)no3)no2)cc1C. The van der Waals surface area contributed by atoms with Crippen LogP contribution in [0, 0.1) is 13.8 Å². The molecule has 0 amide bonds. The van der Waals surface area contributed by atoms with Crippen LogP contribution in [0.15, 0.2) is 63.6 Å². The van der Waals surface area contributed by atoms with Crippen LogP contribution in [0.2, 0.25) is 0 Å². The second-order valence-corrected chi connectivity index (χ2v) is 7.14. The molecule has 4 aromatic rings. The monoisotopic (exact) mass is 388 g/mol. The molecule has 0 fully saturated rings. The lowest BCUT2D eigenvalue weighted by molar-refractivity contribution is 0.375. The molecule has 2 aromatic heterocycles. The van der Waals surface area contributed by atoms with E-state index in [1.54, 1.807) is 0 Å². The molecule has 0 unspecified atom stereocenters. The van der Waals surface area contributed by atoms with E-state index in [0.717, 1.165) is 48.5 Å². The minimum atomic E-state index is 0.639. The van der Waals surface area contributed by atoms with Gasteiger partial charge in [-0.1, -0.05) is 52.8 Å². The number of benzene rings is 2. The second kappa shape index (κ2) is 8.73. The quantitative estimate of drug-likeness (QED) is 0.405. The van der Waals surface area contributed by atoms with Crippen LogP contribution in [0.1, 0.15) is 29.9 Å². The highest BCUT2D eigenvalue weighted by Crippen LogP contribution is 2.24. The number of nitrogens with one attached hydrogen (secondary N) is 1. The van der Waals surface area contributed by atoms with Gasteiger partial charge in [0.15, 0.2) is 11.6 Å². The maximum absolute atomic E-state index is 5.47. The number of aromatic nitrogens is 3. The van der Waals surface area contributed by atoms with E-state index in [0.29, 0.717) is 11.7 Å². The lowest BCUT2D eigenvalue weighted by Crippen LogP contribution is -2.02. The Kier molecular flexibility index (Phi) is 5.70. The molecule has 0 atom stereocenters. The van der Waals surface area contributed by atoms with Gasteiger partial charge in [-0.25, -0.2) is 0 Å². The number of anilines is 1. The normalized spacial score (nSPS) is 11.0. The highest BCUT2D eigenvalue weighted by atomic mass is 16.5. The first-order chi connectivity index (χ1) is 14.2. The molecule has 6 nitrogen and oxygen atoms in total. The molecule has 0 saturated carbocycles. The van der Waals surface area contributed by atoms with Gasteiger partial charge in [-0.2, -0.15) is 4.98 Å². The minimum absolute atomic E-state index is 0.639. The summed E-state index contributed by atoms with van der Waals surface area (Å²) in [7, 11) is 0. The summed E-state index contributed by atoms with van der Waals surface area (Å²) in [6.45, 7) is 5.00. The Morgan fingerprint density at radius 2 is 1.69 bits per heavy atom. The first-order valence-corrected chi connectivity index (χ1v) is 9.85. The summed E-state index contributed by atoms with van der Waals surface area (Å²) in [5.41, 5.74) is 4.52. The minimum Gasteiger partial charge on any atom is -0.367 e.